The molecule has 0 aliphatic rings. The molecule has 0 aliphatic heterocycles. The molecule has 0 unspecified atom stereocenters. The summed E-state index contributed by atoms with van der Waals surface area (Å²) in [5.41, 5.74) is 5.95. The molecule has 0 aliphatic carbocycles. The minimum atomic E-state index is -0.244. The minimum Gasteiger partial charge on any atom is -0.497 e. The molecule has 1 aromatic heterocycles. The van der Waals surface area contributed by atoms with Crippen molar-refractivity contribution >= 4 is 35.0 Å². The quantitative estimate of drug-likeness (QED) is 0.207. The topological polar surface area (TPSA) is 81.4 Å². The maximum atomic E-state index is 12.5. The van der Waals surface area contributed by atoms with Gasteiger partial charge in [-0.25, -0.2) is 5.43 Å². The van der Waals surface area contributed by atoms with Crippen molar-refractivity contribution in [1.29, 1.82) is 0 Å². The number of amides is 1. The summed E-state index contributed by atoms with van der Waals surface area (Å²) < 4.78 is 7.19. The molecule has 0 bridgehead atoms. The molecule has 1 amide bonds. The van der Waals surface area contributed by atoms with E-state index in [0.717, 1.165) is 22.6 Å². The summed E-state index contributed by atoms with van der Waals surface area (Å²) >= 11 is 7.21. The minimum absolute atomic E-state index is 0.130. The summed E-state index contributed by atoms with van der Waals surface area (Å²) in [6, 6.07) is 24.7. The van der Waals surface area contributed by atoms with Gasteiger partial charge in [-0.2, -0.15) is 5.10 Å². The third-order valence-electron chi connectivity index (χ3n) is 4.94. The van der Waals surface area contributed by atoms with Crippen molar-refractivity contribution in [3.8, 4) is 22.8 Å². The summed E-state index contributed by atoms with van der Waals surface area (Å²) in [6.07, 6.45) is 0. The van der Waals surface area contributed by atoms with E-state index in [-0.39, 0.29) is 11.7 Å². The Morgan fingerprint density at radius 2 is 1.74 bits per heavy atom. The second kappa shape index (κ2) is 11.0. The van der Waals surface area contributed by atoms with Gasteiger partial charge in [-0.15, -0.1) is 10.2 Å². The summed E-state index contributed by atoms with van der Waals surface area (Å²) in [5, 5.41) is 14.2. The van der Waals surface area contributed by atoms with E-state index in [1.165, 1.54) is 11.8 Å². The van der Waals surface area contributed by atoms with Crippen LogP contribution in [0, 0.1) is 0 Å². The highest BCUT2D eigenvalue weighted by Gasteiger charge is 2.17. The first-order valence-corrected chi connectivity index (χ1v) is 11.8. The smallest absolute Gasteiger partial charge is 0.250 e. The Hall–Kier alpha value is -3.62. The predicted octanol–water partition coefficient (Wildman–Crippen LogP) is 5.23. The van der Waals surface area contributed by atoms with Crippen LogP contribution < -0.4 is 10.2 Å². The largest absolute Gasteiger partial charge is 0.497 e. The molecule has 0 saturated carbocycles. The van der Waals surface area contributed by atoms with Crippen LogP contribution in [0.1, 0.15) is 12.5 Å². The zero-order valence-corrected chi connectivity index (χ0v) is 20.2. The number of carbonyl (C=O) groups excluding carboxylic acids is 1. The lowest BCUT2D eigenvalue weighted by molar-refractivity contribution is -0.118. The summed E-state index contributed by atoms with van der Waals surface area (Å²) in [7, 11) is 1.63. The highest BCUT2D eigenvalue weighted by molar-refractivity contribution is 7.99. The van der Waals surface area contributed by atoms with Crippen LogP contribution >= 0.6 is 23.4 Å². The van der Waals surface area contributed by atoms with Gasteiger partial charge in [-0.1, -0.05) is 53.7 Å². The number of para-hydroxylation sites is 1. The van der Waals surface area contributed by atoms with Gasteiger partial charge in [-0.05, 0) is 61.0 Å². The third-order valence-corrected chi connectivity index (χ3v) is 6.12. The van der Waals surface area contributed by atoms with Gasteiger partial charge in [0.25, 0.3) is 5.91 Å². The number of halogens is 1. The fraction of sp³-hybridized carbons (Fsp3) is 0.120. The lowest BCUT2D eigenvalue weighted by atomic mass is 10.1. The Labute approximate surface area is 206 Å². The first kappa shape index (κ1) is 23.5. The van der Waals surface area contributed by atoms with Crippen molar-refractivity contribution in [2.75, 3.05) is 12.9 Å². The van der Waals surface area contributed by atoms with Crippen molar-refractivity contribution < 1.29 is 9.53 Å². The van der Waals surface area contributed by atoms with Gasteiger partial charge in [0.2, 0.25) is 0 Å². The number of carbonyl (C=O) groups is 1. The van der Waals surface area contributed by atoms with Crippen molar-refractivity contribution in [3.63, 3.8) is 0 Å². The molecule has 0 fully saturated rings. The molecule has 0 atom stereocenters. The van der Waals surface area contributed by atoms with Gasteiger partial charge in [0.1, 0.15) is 5.75 Å². The Bertz CT molecular complexity index is 1290. The van der Waals surface area contributed by atoms with E-state index in [1.807, 2.05) is 78.2 Å². The van der Waals surface area contributed by atoms with Crippen LogP contribution in [0.15, 0.2) is 89.1 Å². The number of methoxy groups -OCH3 is 1. The highest BCUT2D eigenvalue weighted by atomic mass is 35.5. The maximum Gasteiger partial charge on any atom is 0.250 e. The fourth-order valence-electron chi connectivity index (χ4n) is 3.16. The van der Waals surface area contributed by atoms with E-state index in [1.54, 1.807) is 19.2 Å². The van der Waals surface area contributed by atoms with Crippen LogP contribution in [-0.2, 0) is 4.79 Å². The number of nitrogens with zero attached hydrogens (tertiary/aromatic N) is 4. The molecule has 0 spiro atoms. The average Bonchev–Trinajstić information content (AvgIpc) is 3.31. The Balaban J connectivity index is 1.51. The maximum absolute atomic E-state index is 12.5. The number of nitrogens with one attached hydrogen (secondary N) is 1. The molecule has 7 nitrogen and oxygen atoms in total. The van der Waals surface area contributed by atoms with E-state index < -0.39 is 0 Å². The number of hydrogen-bond acceptors (Lipinski definition) is 6. The standard InChI is InChI=1S/C25H22ClN5O2S/c1-17(18-8-12-20(26)13-9-18)27-28-23(32)16-34-25-30-29-24(19-10-14-22(33-2)15-11-19)31(25)21-6-4-3-5-7-21/h3-15H,16H2,1-2H3,(H,28,32)/b27-17-. The molecule has 1 N–H and O–H groups in total. The van der Waals surface area contributed by atoms with Gasteiger partial charge >= 0.3 is 0 Å². The van der Waals surface area contributed by atoms with Crippen LogP contribution in [0.25, 0.3) is 17.1 Å². The zero-order chi connectivity index (χ0) is 23.9. The first-order valence-electron chi connectivity index (χ1n) is 10.4. The molecule has 4 rings (SSSR count). The van der Waals surface area contributed by atoms with Crippen LogP contribution in [-0.4, -0.2) is 39.2 Å². The van der Waals surface area contributed by atoms with E-state index >= 15 is 0 Å². The molecule has 0 saturated heterocycles. The summed E-state index contributed by atoms with van der Waals surface area (Å²) in [5.74, 6) is 1.32. The third kappa shape index (κ3) is 5.65. The molecule has 4 aromatic rings. The Morgan fingerprint density at radius 3 is 2.41 bits per heavy atom. The molecule has 3 aromatic carbocycles. The van der Waals surface area contributed by atoms with Crippen molar-refractivity contribution in [3.05, 3.63) is 89.4 Å². The van der Waals surface area contributed by atoms with E-state index in [0.29, 0.717) is 21.7 Å². The molecule has 172 valence electrons. The van der Waals surface area contributed by atoms with Crippen molar-refractivity contribution in [2.24, 2.45) is 5.10 Å². The predicted molar refractivity (Wildman–Crippen MR) is 136 cm³/mol. The Morgan fingerprint density at radius 1 is 1.03 bits per heavy atom. The average molecular weight is 492 g/mol. The number of hydrazone groups is 1. The Kier molecular flexibility index (Phi) is 7.61. The first-order chi connectivity index (χ1) is 16.5. The van der Waals surface area contributed by atoms with Gasteiger partial charge < -0.3 is 4.74 Å². The zero-order valence-electron chi connectivity index (χ0n) is 18.6. The van der Waals surface area contributed by atoms with Crippen molar-refractivity contribution in [2.45, 2.75) is 12.1 Å². The number of thioether (sulfide) groups is 1. The monoisotopic (exact) mass is 491 g/mol. The van der Waals surface area contributed by atoms with E-state index in [4.69, 9.17) is 16.3 Å². The van der Waals surface area contributed by atoms with Crippen LogP contribution in [0.3, 0.4) is 0 Å². The fourth-order valence-corrected chi connectivity index (χ4v) is 4.03. The number of rotatable bonds is 8. The summed E-state index contributed by atoms with van der Waals surface area (Å²) in [6.45, 7) is 1.82. The van der Waals surface area contributed by atoms with E-state index in [9.17, 15) is 4.79 Å². The lowest BCUT2D eigenvalue weighted by Gasteiger charge is -2.10. The molecule has 9 heteroatoms. The van der Waals surface area contributed by atoms with Crippen LogP contribution in [0.5, 0.6) is 5.75 Å². The second-order valence-electron chi connectivity index (χ2n) is 7.23. The SMILES string of the molecule is COc1ccc(-c2nnc(SCC(=O)N/N=C(/C)c3ccc(Cl)cc3)n2-c2ccccc2)cc1. The summed E-state index contributed by atoms with van der Waals surface area (Å²) in [4.78, 5) is 12.5. The van der Waals surface area contributed by atoms with Crippen molar-refractivity contribution in [1.82, 2.24) is 20.2 Å². The number of benzene rings is 3. The normalized spacial score (nSPS) is 11.3. The molecular weight excluding hydrogens is 470 g/mol. The molecular formula is C25H22ClN5O2S. The molecule has 0 radical (unpaired) electrons. The van der Waals surface area contributed by atoms with Gasteiger partial charge in [0, 0.05) is 16.3 Å². The highest BCUT2D eigenvalue weighted by Crippen LogP contribution is 2.28. The number of hydrogen-bond donors (Lipinski definition) is 1. The van der Waals surface area contributed by atoms with Gasteiger partial charge in [-0.3, -0.25) is 9.36 Å². The van der Waals surface area contributed by atoms with E-state index in [2.05, 4.69) is 20.7 Å². The van der Waals surface area contributed by atoms with Gasteiger partial charge in [0.05, 0.1) is 18.6 Å². The van der Waals surface area contributed by atoms with Crippen LogP contribution in [0.4, 0.5) is 0 Å². The molecule has 1 heterocycles. The second-order valence-corrected chi connectivity index (χ2v) is 8.61. The lowest BCUT2D eigenvalue weighted by Crippen LogP contribution is -2.21. The van der Waals surface area contributed by atoms with Crippen LogP contribution in [0.2, 0.25) is 5.02 Å². The molecule has 34 heavy (non-hydrogen) atoms. The van der Waals surface area contributed by atoms with Gasteiger partial charge in [0.15, 0.2) is 11.0 Å². The number of aromatic nitrogens is 3. The number of ether oxygens (including phenoxy) is 1.